The molecule has 1 aliphatic heterocycles. The first kappa shape index (κ1) is 19.3. The molecule has 154 valence electrons. The second kappa shape index (κ2) is 7.40. The lowest BCUT2D eigenvalue weighted by Gasteiger charge is -2.41. The molecule has 1 saturated heterocycles. The number of anilines is 1. The van der Waals surface area contributed by atoms with Crippen LogP contribution < -0.4 is 20.9 Å². The highest BCUT2D eigenvalue weighted by Gasteiger charge is 2.25. The van der Waals surface area contributed by atoms with Crippen molar-refractivity contribution in [2.75, 3.05) is 31.6 Å². The number of imidazole rings is 1. The summed E-state index contributed by atoms with van der Waals surface area (Å²) in [7, 11) is 4.81. The maximum atomic E-state index is 12.6. The highest BCUT2D eigenvalue weighted by Crippen LogP contribution is 2.25. The van der Waals surface area contributed by atoms with Gasteiger partial charge in [-0.25, -0.2) is 9.78 Å². The minimum atomic E-state index is -0.367. The minimum Gasteiger partial charge on any atom is -0.497 e. The lowest BCUT2D eigenvalue weighted by molar-refractivity contribution is 0.185. The SMILES string of the molecule is COc1cccc(N2CCN(Cn3cnc4c3c(=O)n(C)c(=O)n4C)CC2C)c1. The van der Waals surface area contributed by atoms with Gasteiger partial charge >= 0.3 is 5.69 Å². The predicted molar refractivity (Wildman–Crippen MR) is 112 cm³/mol. The highest BCUT2D eigenvalue weighted by molar-refractivity contribution is 5.69. The standard InChI is InChI=1S/C20H26N6O3/c1-14-11-24(8-9-26(14)15-6-5-7-16(10-15)29-4)13-25-12-21-18-17(25)19(27)23(3)20(28)22(18)2/h5-7,10,12,14H,8-9,11,13H2,1-4H3. The minimum absolute atomic E-state index is 0.304. The molecule has 9 heteroatoms. The Balaban J connectivity index is 1.55. The summed E-state index contributed by atoms with van der Waals surface area (Å²) in [5.74, 6) is 0.850. The van der Waals surface area contributed by atoms with Gasteiger partial charge in [0.25, 0.3) is 5.56 Å². The number of hydrogen-bond acceptors (Lipinski definition) is 6. The number of hydrogen-bond donors (Lipinski definition) is 0. The van der Waals surface area contributed by atoms with E-state index in [0.29, 0.717) is 23.9 Å². The van der Waals surface area contributed by atoms with Crippen LogP contribution in [0, 0.1) is 0 Å². The number of methoxy groups -OCH3 is 1. The van der Waals surface area contributed by atoms with E-state index in [2.05, 4.69) is 33.8 Å². The quantitative estimate of drug-likeness (QED) is 0.641. The van der Waals surface area contributed by atoms with Crippen LogP contribution in [-0.4, -0.2) is 56.4 Å². The fraction of sp³-hybridized carbons (Fsp3) is 0.450. The number of nitrogens with zero attached hydrogens (tertiary/aromatic N) is 6. The van der Waals surface area contributed by atoms with E-state index in [9.17, 15) is 9.59 Å². The molecule has 0 radical (unpaired) electrons. The molecule has 0 spiro atoms. The van der Waals surface area contributed by atoms with Crippen molar-refractivity contribution in [1.29, 1.82) is 0 Å². The Morgan fingerprint density at radius 2 is 1.97 bits per heavy atom. The smallest absolute Gasteiger partial charge is 0.332 e. The Bertz CT molecular complexity index is 1160. The maximum absolute atomic E-state index is 12.6. The number of aromatic nitrogens is 4. The van der Waals surface area contributed by atoms with Gasteiger partial charge < -0.3 is 14.2 Å². The van der Waals surface area contributed by atoms with Crippen LogP contribution in [-0.2, 0) is 20.8 Å². The van der Waals surface area contributed by atoms with Gasteiger partial charge in [0, 0.05) is 51.5 Å². The second-order valence-electron chi connectivity index (χ2n) is 7.55. The molecule has 0 bridgehead atoms. The largest absolute Gasteiger partial charge is 0.497 e. The fourth-order valence-corrected chi connectivity index (χ4v) is 4.05. The predicted octanol–water partition coefficient (Wildman–Crippen LogP) is 0.611. The van der Waals surface area contributed by atoms with Crippen molar-refractivity contribution in [2.45, 2.75) is 19.6 Å². The van der Waals surface area contributed by atoms with E-state index in [0.717, 1.165) is 35.6 Å². The fourth-order valence-electron chi connectivity index (χ4n) is 4.05. The monoisotopic (exact) mass is 398 g/mol. The van der Waals surface area contributed by atoms with Gasteiger partial charge in [0.2, 0.25) is 0 Å². The Labute approximate surface area is 168 Å². The summed E-state index contributed by atoms with van der Waals surface area (Å²) in [4.78, 5) is 33.7. The molecule has 0 saturated carbocycles. The van der Waals surface area contributed by atoms with Crippen LogP contribution in [0.15, 0.2) is 40.2 Å². The van der Waals surface area contributed by atoms with Crippen LogP contribution >= 0.6 is 0 Å². The van der Waals surface area contributed by atoms with Crippen LogP contribution in [0.1, 0.15) is 6.92 Å². The summed E-state index contributed by atoms with van der Waals surface area (Å²) < 4.78 is 9.73. The summed E-state index contributed by atoms with van der Waals surface area (Å²) in [5, 5.41) is 0. The highest BCUT2D eigenvalue weighted by atomic mass is 16.5. The molecule has 1 atom stereocenters. The maximum Gasteiger partial charge on any atom is 0.332 e. The molecule has 0 amide bonds. The Morgan fingerprint density at radius 3 is 2.69 bits per heavy atom. The van der Waals surface area contributed by atoms with E-state index in [4.69, 9.17) is 4.74 Å². The van der Waals surface area contributed by atoms with Gasteiger partial charge in [-0.15, -0.1) is 0 Å². The first-order chi connectivity index (χ1) is 13.9. The summed E-state index contributed by atoms with van der Waals surface area (Å²) in [6, 6.07) is 8.41. The van der Waals surface area contributed by atoms with Gasteiger partial charge in [-0.05, 0) is 19.1 Å². The van der Waals surface area contributed by atoms with Gasteiger partial charge in [0.15, 0.2) is 11.2 Å². The van der Waals surface area contributed by atoms with Crippen molar-refractivity contribution >= 4 is 16.9 Å². The number of rotatable bonds is 4. The summed E-state index contributed by atoms with van der Waals surface area (Å²) >= 11 is 0. The van der Waals surface area contributed by atoms with E-state index in [1.54, 1.807) is 20.5 Å². The molecule has 29 heavy (non-hydrogen) atoms. The van der Waals surface area contributed by atoms with Crippen LogP contribution in [0.5, 0.6) is 5.75 Å². The zero-order valence-electron chi connectivity index (χ0n) is 17.2. The molecule has 9 nitrogen and oxygen atoms in total. The van der Waals surface area contributed by atoms with Crippen LogP contribution in [0.2, 0.25) is 0 Å². The van der Waals surface area contributed by atoms with Crippen molar-refractivity contribution in [3.05, 3.63) is 51.4 Å². The molecular weight excluding hydrogens is 372 g/mol. The number of benzene rings is 1. The third-order valence-corrected chi connectivity index (χ3v) is 5.67. The summed E-state index contributed by atoms with van der Waals surface area (Å²) in [6.07, 6.45) is 1.64. The molecule has 0 aliphatic carbocycles. The van der Waals surface area contributed by atoms with Crippen LogP contribution in [0.4, 0.5) is 5.69 Å². The lowest BCUT2D eigenvalue weighted by atomic mass is 10.1. The molecule has 3 heterocycles. The third-order valence-electron chi connectivity index (χ3n) is 5.67. The van der Waals surface area contributed by atoms with E-state index in [1.165, 1.54) is 11.6 Å². The van der Waals surface area contributed by atoms with Crippen molar-refractivity contribution in [2.24, 2.45) is 14.1 Å². The molecule has 3 aromatic rings. The summed E-state index contributed by atoms with van der Waals surface area (Å²) in [6.45, 7) is 5.33. The first-order valence-electron chi connectivity index (χ1n) is 9.64. The second-order valence-corrected chi connectivity index (χ2v) is 7.55. The Hall–Kier alpha value is -3.07. The average molecular weight is 398 g/mol. The average Bonchev–Trinajstić information content (AvgIpc) is 3.14. The van der Waals surface area contributed by atoms with Crippen LogP contribution in [0.3, 0.4) is 0 Å². The van der Waals surface area contributed by atoms with Gasteiger partial charge in [0.1, 0.15) is 5.75 Å². The molecular formula is C20H26N6O3. The van der Waals surface area contributed by atoms with Gasteiger partial charge in [-0.3, -0.25) is 18.8 Å². The zero-order chi connectivity index (χ0) is 20.7. The number of aryl methyl sites for hydroxylation is 1. The Morgan fingerprint density at radius 1 is 1.17 bits per heavy atom. The molecule has 1 fully saturated rings. The summed E-state index contributed by atoms with van der Waals surface area (Å²) in [5.41, 5.74) is 1.34. The number of fused-ring (bicyclic) bond motifs is 1. The molecule has 2 aromatic heterocycles. The number of piperazine rings is 1. The van der Waals surface area contributed by atoms with Crippen LogP contribution in [0.25, 0.3) is 11.2 Å². The van der Waals surface area contributed by atoms with Crippen molar-refractivity contribution in [3.63, 3.8) is 0 Å². The molecule has 4 rings (SSSR count). The molecule has 0 N–H and O–H groups in total. The first-order valence-corrected chi connectivity index (χ1v) is 9.64. The van der Waals surface area contributed by atoms with Gasteiger partial charge in [-0.2, -0.15) is 0 Å². The third kappa shape index (κ3) is 3.31. The van der Waals surface area contributed by atoms with Crippen molar-refractivity contribution < 1.29 is 4.74 Å². The van der Waals surface area contributed by atoms with E-state index in [1.807, 2.05) is 16.7 Å². The normalized spacial score (nSPS) is 17.8. The van der Waals surface area contributed by atoms with E-state index >= 15 is 0 Å². The zero-order valence-corrected chi connectivity index (χ0v) is 17.2. The van der Waals surface area contributed by atoms with Crippen molar-refractivity contribution in [1.82, 2.24) is 23.6 Å². The molecule has 1 aromatic carbocycles. The molecule has 1 aliphatic rings. The van der Waals surface area contributed by atoms with Gasteiger partial charge in [0.05, 0.1) is 20.1 Å². The van der Waals surface area contributed by atoms with Gasteiger partial charge in [-0.1, -0.05) is 6.07 Å². The van der Waals surface area contributed by atoms with E-state index in [-0.39, 0.29) is 11.2 Å². The Kier molecular flexibility index (Phi) is 4.91. The topological polar surface area (TPSA) is 77.5 Å². The van der Waals surface area contributed by atoms with Crippen molar-refractivity contribution in [3.8, 4) is 5.75 Å². The molecule has 1 unspecified atom stereocenters. The lowest BCUT2D eigenvalue weighted by Crippen LogP contribution is -2.52. The number of ether oxygens (including phenoxy) is 1. The van der Waals surface area contributed by atoms with E-state index < -0.39 is 0 Å².